The van der Waals surface area contributed by atoms with E-state index in [4.69, 9.17) is 33.2 Å². The third kappa shape index (κ3) is 16.2. The summed E-state index contributed by atoms with van der Waals surface area (Å²) in [5.74, 6) is -3.18. The first-order valence-corrected chi connectivity index (χ1v) is 21.6. The van der Waals surface area contributed by atoms with Gasteiger partial charge >= 0.3 is 19.1 Å². The third-order valence-electron chi connectivity index (χ3n) is 10.2. The monoisotopic (exact) mass is 1010 g/mol. The first-order chi connectivity index (χ1) is 31.3. The van der Waals surface area contributed by atoms with Gasteiger partial charge in [0, 0.05) is 26.6 Å². The standard InChI is InChI=1S/C22H23ClN4O4.C16H19BrN4O4.C6H6BClO2/c1-22(13-28,21(30)31)11-18(25-20(29)19-12-24-27-26-19)9-14-5-7-15(8-6-14)16-3-2-4-17(23)10-16;1-16(9-22,15(24)25)7-12(6-10-2-4-11(17)5-3-10)19-14(23)13-8-18-21-20-13;8-6-3-1-2-5(4-6)7(9)10/h2-8,10,12,18,28H,9,11,13H2,1H3,(H,25,29)(H,30,31)(H,24,26,27);2-5,8,12,22H,6-7,9H2,1H3,(H,19,23)(H,24,25)(H,18,20,21);1-4,9-10H/t18-,22+;12-,16+;/m11./s1. The smallest absolute Gasteiger partial charge is 0.481 e. The molecule has 18 nitrogen and oxygen atoms in total. The van der Waals surface area contributed by atoms with E-state index in [2.05, 4.69) is 57.4 Å². The van der Waals surface area contributed by atoms with E-state index in [1.807, 2.05) is 72.8 Å². The van der Waals surface area contributed by atoms with E-state index in [0.717, 1.165) is 26.7 Å². The minimum absolute atomic E-state index is 0.0401. The highest BCUT2D eigenvalue weighted by Crippen LogP contribution is 2.28. The highest BCUT2D eigenvalue weighted by atomic mass is 79.9. The van der Waals surface area contributed by atoms with Crippen LogP contribution in [0.15, 0.2) is 114 Å². The summed E-state index contributed by atoms with van der Waals surface area (Å²) in [4.78, 5) is 47.9. The van der Waals surface area contributed by atoms with Crippen molar-refractivity contribution in [3.05, 3.63) is 146 Å². The van der Waals surface area contributed by atoms with Crippen LogP contribution in [0, 0.1) is 10.8 Å². The third-order valence-corrected chi connectivity index (χ3v) is 11.2. The maximum atomic E-state index is 12.5. The van der Waals surface area contributed by atoms with E-state index in [0.29, 0.717) is 28.3 Å². The number of aliphatic hydroxyl groups is 2. The largest absolute Gasteiger partial charge is 0.488 e. The van der Waals surface area contributed by atoms with Gasteiger partial charge in [-0.15, -0.1) is 0 Å². The molecule has 66 heavy (non-hydrogen) atoms. The Morgan fingerprint density at radius 1 is 0.667 bits per heavy atom. The van der Waals surface area contributed by atoms with E-state index >= 15 is 0 Å². The summed E-state index contributed by atoms with van der Waals surface area (Å²) >= 11 is 15.0. The molecule has 0 saturated heterocycles. The fraction of sp³-hybridized carbons (Fsp3) is 0.273. The van der Waals surface area contributed by atoms with Gasteiger partial charge < -0.3 is 41.1 Å². The number of hydrogen-bond donors (Lipinski definition) is 10. The molecule has 6 aromatic rings. The van der Waals surface area contributed by atoms with Gasteiger partial charge in [-0.1, -0.05) is 99.8 Å². The molecule has 2 amide bonds. The van der Waals surface area contributed by atoms with Gasteiger partial charge in [0.05, 0.1) is 36.4 Å². The number of carbonyl (C=O) groups is 4. The van der Waals surface area contributed by atoms with Gasteiger partial charge in [0.1, 0.15) is 0 Å². The maximum Gasteiger partial charge on any atom is 0.488 e. The number of halogens is 3. The summed E-state index contributed by atoms with van der Waals surface area (Å²) in [5.41, 5.74) is 1.66. The number of carboxylic acids is 2. The normalized spacial score (nSPS) is 13.5. The van der Waals surface area contributed by atoms with Crippen molar-refractivity contribution in [2.75, 3.05) is 13.2 Å². The maximum absolute atomic E-state index is 12.5. The van der Waals surface area contributed by atoms with E-state index in [-0.39, 0.29) is 24.2 Å². The SMILES string of the molecule is C[C@@](CO)(C[C@@H](Cc1ccc(-c2cccc(Cl)c2)cc1)NC(=O)c1cn[nH]n1)C(=O)O.C[C@@](CO)(C[C@@H](Cc1ccc(Br)cc1)NC(=O)c1cn[nH]n1)C(=O)O.OB(O)c1cccc(Cl)c1. The zero-order valence-corrected chi connectivity index (χ0v) is 38.7. The number of aromatic amines is 2. The van der Waals surface area contributed by atoms with Crippen molar-refractivity contribution < 1.29 is 49.7 Å². The fourth-order valence-electron chi connectivity index (χ4n) is 6.37. The molecule has 10 N–H and O–H groups in total. The number of rotatable bonds is 18. The zero-order chi connectivity index (χ0) is 48.4. The summed E-state index contributed by atoms with van der Waals surface area (Å²) in [6.07, 6.45) is 3.47. The quantitative estimate of drug-likeness (QED) is 0.0536. The van der Waals surface area contributed by atoms with Gasteiger partial charge in [0.25, 0.3) is 11.8 Å². The molecule has 0 spiro atoms. The molecule has 0 radical (unpaired) electrons. The van der Waals surface area contributed by atoms with Crippen molar-refractivity contribution in [1.82, 2.24) is 41.5 Å². The van der Waals surface area contributed by atoms with Crippen LogP contribution in [-0.2, 0) is 22.4 Å². The molecular weight excluding hydrogens is 962 g/mol. The molecule has 2 aromatic heterocycles. The van der Waals surface area contributed by atoms with Gasteiger partial charge in [0.15, 0.2) is 11.4 Å². The average molecular weight is 1010 g/mol. The van der Waals surface area contributed by atoms with Crippen molar-refractivity contribution in [3.63, 3.8) is 0 Å². The molecule has 0 aliphatic heterocycles. The lowest BCUT2D eigenvalue weighted by Gasteiger charge is -2.28. The second-order valence-electron chi connectivity index (χ2n) is 15.7. The number of carboxylic acid groups (broad SMARTS) is 2. The first kappa shape index (κ1) is 52.6. The van der Waals surface area contributed by atoms with E-state index in [9.17, 15) is 39.6 Å². The molecule has 4 atom stereocenters. The topological polar surface area (TPSA) is 297 Å². The fourth-order valence-corrected chi connectivity index (χ4v) is 7.03. The Morgan fingerprint density at radius 3 is 1.47 bits per heavy atom. The van der Waals surface area contributed by atoms with Crippen LogP contribution in [0.3, 0.4) is 0 Å². The summed E-state index contributed by atoms with van der Waals surface area (Å²) in [5, 5.41) is 81.5. The zero-order valence-electron chi connectivity index (χ0n) is 35.6. The Hall–Kier alpha value is -6.00. The molecule has 0 aliphatic carbocycles. The summed E-state index contributed by atoms with van der Waals surface area (Å²) in [6.45, 7) is 1.82. The Bertz CT molecular complexity index is 2490. The number of aliphatic hydroxyl groups excluding tert-OH is 2. The second kappa shape index (κ2) is 25.1. The van der Waals surface area contributed by atoms with E-state index in [1.165, 1.54) is 32.3 Å². The minimum atomic E-state index is -1.43. The highest BCUT2D eigenvalue weighted by Gasteiger charge is 2.37. The predicted molar refractivity (Wildman–Crippen MR) is 250 cm³/mol. The number of benzene rings is 4. The van der Waals surface area contributed by atoms with Crippen LogP contribution in [0.25, 0.3) is 11.1 Å². The molecule has 0 bridgehead atoms. The van der Waals surface area contributed by atoms with Crippen molar-refractivity contribution in [1.29, 1.82) is 0 Å². The summed E-state index contributed by atoms with van der Waals surface area (Å²) < 4.78 is 0.921. The first-order valence-electron chi connectivity index (χ1n) is 20.1. The lowest BCUT2D eigenvalue weighted by molar-refractivity contribution is -0.152. The van der Waals surface area contributed by atoms with Crippen LogP contribution in [-0.4, -0.2) is 117 Å². The van der Waals surface area contributed by atoms with Crippen molar-refractivity contribution in [3.8, 4) is 11.1 Å². The predicted octanol–water partition coefficient (Wildman–Crippen LogP) is 4.34. The molecule has 2 heterocycles. The number of H-pyrrole nitrogens is 2. The molecule has 0 unspecified atom stereocenters. The van der Waals surface area contributed by atoms with Crippen molar-refractivity contribution in [2.45, 2.75) is 51.6 Å². The minimum Gasteiger partial charge on any atom is -0.481 e. The van der Waals surface area contributed by atoms with Crippen LogP contribution < -0.4 is 16.1 Å². The molecule has 22 heteroatoms. The Labute approximate surface area is 398 Å². The Balaban J connectivity index is 0.000000242. The van der Waals surface area contributed by atoms with Gasteiger partial charge in [0.2, 0.25) is 0 Å². The molecule has 4 aromatic carbocycles. The van der Waals surface area contributed by atoms with Gasteiger partial charge in [-0.3, -0.25) is 19.2 Å². The summed E-state index contributed by atoms with van der Waals surface area (Å²) in [7, 11) is -1.43. The van der Waals surface area contributed by atoms with Crippen LogP contribution in [0.4, 0.5) is 0 Å². The average Bonchev–Trinajstić information content (AvgIpc) is 4.04. The number of amides is 2. The number of carbonyl (C=O) groups excluding carboxylic acids is 2. The van der Waals surface area contributed by atoms with Crippen molar-refractivity contribution in [2.24, 2.45) is 10.8 Å². The van der Waals surface area contributed by atoms with Crippen LogP contribution >= 0.6 is 39.1 Å². The lowest BCUT2D eigenvalue weighted by atomic mass is 9.81. The number of aromatic nitrogens is 6. The number of hydrogen-bond acceptors (Lipinski definition) is 12. The van der Waals surface area contributed by atoms with E-state index < -0.39 is 67.0 Å². The van der Waals surface area contributed by atoms with Crippen LogP contribution in [0.2, 0.25) is 10.0 Å². The molecule has 0 saturated carbocycles. The van der Waals surface area contributed by atoms with E-state index in [1.54, 1.807) is 18.2 Å². The van der Waals surface area contributed by atoms with Crippen LogP contribution in [0.5, 0.6) is 0 Å². The number of nitrogens with zero attached hydrogens (tertiary/aromatic N) is 4. The highest BCUT2D eigenvalue weighted by molar-refractivity contribution is 9.10. The van der Waals surface area contributed by atoms with Crippen LogP contribution in [0.1, 0.15) is 58.8 Å². The number of nitrogens with one attached hydrogen (secondary N) is 4. The van der Waals surface area contributed by atoms with Gasteiger partial charge in [-0.25, -0.2) is 0 Å². The number of aliphatic carboxylic acids is 2. The molecule has 0 aliphatic rings. The summed E-state index contributed by atoms with van der Waals surface area (Å²) in [6, 6.07) is 28.1. The lowest BCUT2D eigenvalue weighted by Crippen LogP contribution is -2.44. The molecule has 0 fully saturated rings. The Kier molecular flexibility index (Phi) is 20.0. The molecule has 6 rings (SSSR count). The second-order valence-corrected chi connectivity index (χ2v) is 17.5. The van der Waals surface area contributed by atoms with Gasteiger partial charge in [-0.2, -0.15) is 30.8 Å². The van der Waals surface area contributed by atoms with Gasteiger partial charge in [-0.05, 0) is 104 Å². The Morgan fingerprint density at radius 2 is 1.11 bits per heavy atom. The van der Waals surface area contributed by atoms with Crippen molar-refractivity contribution >= 4 is 75.5 Å². The molecule has 348 valence electrons. The molecular formula is C44H48BBrCl2N8O10.